The van der Waals surface area contributed by atoms with Crippen molar-refractivity contribution in [1.82, 2.24) is 4.90 Å². The zero-order valence-electron chi connectivity index (χ0n) is 11.5. The molecule has 0 atom stereocenters. The Bertz CT molecular complexity index is 519. The second-order valence-electron chi connectivity index (χ2n) is 5.02. The van der Waals surface area contributed by atoms with E-state index in [0.717, 1.165) is 31.9 Å². The summed E-state index contributed by atoms with van der Waals surface area (Å²) in [6.07, 6.45) is 5.37. The van der Waals surface area contributed by atoms with Crippen molar-refractivity contribution in [3.8, 4) is 5.75 Å². The third-order valence-electron chi connectivity index (χ3n) is 3.63. The van der Waals surface area contributed by atoms with E-state index in [-0.39, 0.29) is 12.5 Å². The van der Waals surface area contributed by atoms with Gasteiger partial charge < -0.3 is 14.3 Å². The second kappa shape index (κ2) is 6.56. The average Bonchev–Trinajstić information content (AvgIpc) is 2.96. The summed E-state index contributed by atoms with van der Waals surface area (Å²) in [7, 11) is 1.36. The fraction of sp³-hybridized carbons (Fsp3) is 0.571. The van der Waals surface area contributed by atoms with Gasteiger partial charge in [-0.3, -0.25) is 14.5 Å². The fourth-order valence-corrected chi connectivity index (χ4v) is 2.54. The Labute approximate surface area is 117 Å². The summed E-state index contributed by atoms with van der Waals surface area (Å²) in [4.78, 5) is 24.9. The molecule has 0 bridgehead atoms. The molecule has 1 N–H and O–H groups in total. The highest BCUT2D eigenvalue weighted by Gasteiger charge is 2.25. The first-order valence-corrected chi connectivity index (χ1v) is 6.71. The third-order valence-corrected chi connectivity index (χ3v) is 3.63. The molecule has 0 aromatic carbocycles. The Morgan fingerprint density at radius 2 is 2.20 bits per heavy atom. The number of carbonyl (C=O) groups is 1. The lowest BCUT2D eigenvalue weighted by Gasteiger charge is -2.26. The molecule has 1 aliphatic carbocycles. The first-order chi connectivity index (χ1) is 9.60. The molecular weight excluding hydrogens is 262 g/mol. The number of nitrogens with zero attached hydrogens (tertiary/aromatic N) is 1. The molecule has 20 heavy (non-hydrogen) atoms. The molecule has 0 spiro atoms. The molecule has 1 fully saturated rings. The van der Waals surface area contributed by atoms with Crippen LogP contribution in [0.5, 0.6) is 5.75 Å². The molecule has 1 aromatic rings. The van der Waals surface area contributed by atoms with Crippen LogP contribution < -0.4 is 5.43 Å². The van der Waals surface area contributed by atoms with Gasteiger partial charge in [-0.2, -0.15) is 0 Å². The van der Waals surface area contributed by atoms with E-state index in [0.29, 0.717) is 18.3 Å². The van der Waals surface area contributed by atoms with Crippen molar-refractivity contribution in [3.05, 3.63) is 28.3 Å². The van der Waals surface area contributed by atoms with Crippen LogP contribution in [0.3, 0.4) is 0 Å². The average molecular weight is 281 g/mol. The largest absolute Gasteiger partial charge is 0.502 e. The number of ether oxygens (including phenoxy) is 1. The summed E-state index contributed by atoms with van der Waals surface area (Å²) in [5, 5.41) is 9.18. The Balaban J connectivity index is 2.11. The predicted molar refractivity (Wildman–Crippen MR) is 71.3 cm³/mol. The zero-order valence-corrected chi connectivity index (χ0v) is 11.5. The van der Waals surface area contributed by atoms with Crippen molar-refractivity contribution < 1.29 is 19.1 Å². The van der Waals surface area contributed by atoms with Gasteiger partial charge in [0.05, 0.1) is 20.2 Å². The SMILES string of the molecule is COC(=O)CN(Cc1cc(=O)c(O)co1)C1CCCC1. The van der Waals surface area contributed by atoms with Crippen LogP contribution in [0.1, 0.15) is 31.4 Å². The highest BCUT2D eigenvalue weighted by molar-refractivity contribution is 5.71. The highest BCUT2D eigenvalue weighted by Crippen LogP contribution is 2.24. The van der Waals surface area contributed by atoms with Gasteiger partial charge in [0.2, 0.25) is 5.43 Å². The van der Waals surface area contributed by atoms with Crippen LogP contribution in [-0.2, 0) is 16.1 Å². The molecule has 2 rings (SSSR count). The Morgan fingerprint density at radius 1 is 1.50 bits per heavy atom. The molecule has 0 aliphatic heterocycles. The Morgan fingerprint density at radius 3 is 2.80 bits per heavy atom. The molecule has 0 unspecified atom stereocenters. The van der Waals surface area contributed by atoms with Gasteiger partial charge >= 0.3 is 5.97 Å². The molecule has 6 heteroatoms. The van der Waals surface area contributed by atoms with Crippen molar-refractivity contribution in [2.24, 2.45) is 0 Å². The lowest BCUT2D eigenvalue weighted by molar-refractivity contribution is -0.142. The topological polar surface area (TPSA) is 80.0 Å². The maximum Gasteiger partial charge on any atom is 0.319 e. The van der Waals surface area contributed by atoms with Crippen molar-refractivity contribution in [2.45, 2.75) is 38.3 Å². The molecule has 1 aliphatic rings. The number of rotatable bonds is 5. The Kier molecular flexibility index (Phi) is 4.79. The van der Waals surface area contributed by atoms with E-state index < -0.39 is 11.2 Å². The molecule has 0 radical (unpaired) electrons. The van der Waals surface area contributed by atoms with Crippen LogP contribution >= 0.6 is 0 Å². The van der Waals surface area contributed by atoms with Gasteiger partial charge in [-0.15, -0.1) is 0 Å². The molecule has 110 valence electrons. The first kappa shape index (κ1) is 14.6. The number of carbonyl (C=O) groups excluding carboxylic acids is 1. The fourth-order valence-electron chi connectivity index (χ4n) is 2.54. The molecule has 1 aromatic heterocycles. The monoisotopic (exact) mass is 281 g/mol. The number of aromatic hydroxyl groups is 1. The van der Waals surface area contributed by atoms with E-state index >= 15 is 0 Å². The van der Waals surface area contributed by atoms with Crippen molar-refractivity contribution in [3.63, 3.8) is 0 Å². The molecular formula is C14H19NO5. The van der Waals surface area contributed by atoms with E-state index in [2.05, 4.69) is 0 Å². The lowest BCUT2D eigenvalue weighted by atomic mass is 10.2. The van der Waals surface area contributed by atoms with Crippen LogP contribution in [-0.4, -0.2) is 35.7 Å². The summed E-state index contributed by atoms with van der Waals surface area (Å²) in [6, 6.07) is 1.56. The first-order valence-electron chi connectivity index (χ1n) is 6.71. The summed E-state index contributed by atoms with van der Waals surface area (Å²) in [6.45, 7) is 0.529. The predicted octanol–water partition coefficient (Wildman–Crippen LogP) is 1.26. The van der Waals surface area contributed by atoms with Gasteiger partial charge in [0.1, 0.15) is 12.0 Å². The summed E-state index contributed by atoms with van der Waals surface area (Å²) in [5.74, 6) is -0.282. The minimum absolute atomic E-state index is 0.172. The van der Waals surface area contributed by atoms with Crippen LogP contribution in [0.15, 0.2) is 21.5 Å². The minimum Gasteiger partial charge on any atom is -0.502 e. The van der Waals surface area contributed by atoms with E-state index in [1.165, 1.54) is 13.2 Å². The summed E-state index contributed by atoms with van der Waals surface area (Å²) in [5.41, 5.74) is -0.476. The van der Waals surface area contributed by atoms with Gasteiger partial charge in [0.25, 0.3) is 0 Å². The molecule has 0 amide bonds. The standard InChI is InChI=1S/C14H19NO5/c1-19-14(18)8-15(10-4-2-3-5-10)7-11-6-12(16)13(17)9-20-11/h6,9-10,17H,2-5,7-8H2,1H3. The van der Waals surface area contributed by atoms with Crippen LogP contribution in [0.25, 0.3) is 0 Å². The van der Waals surface area contributed by atoms with Crippen LogP contribution in [0, 0.1) is 0 Å². The molecule has 1 saturated carbocycles. The Hall–Kier alpha value is -1.82. The van der Waals surface area contributed by atoms with Crippen molar-refractivity contribution in [1.29, 1.82) is 0 Å². The number of hydrogen-bond donors (Lipinski definition) is 1. The molecule has 0 saturated heterocycles. The van der Waals surface area contributed by atoms with Crippen LogP contribution in [0.4, 0.5) is 0 Å². The van der Waals surface area contributed by atoms with Crippen LogP contribution in [0.2, 0.25) is 0 Å². The quantitative estimate of drug-likeness (QED) is 0.818. The maximum atomic E-state index is 11.5. The van der Waals surface area contributed by atoms with E-state index in [1.807, 2.05) is 4.90 Å². The normalized spacial score (nSPS) is 15.7. The van der Waals surface area contributed by atoms with Gasteiger partial charge in [-0.25, -0.2) is 0 Å². The maximum absolute atomic E-state index is 11.5. The van der Waals surface area contributed by atoms with E-state index in [1.54, 1.807) is 0 Å². The number of hydrogen-bond acceptors (Lipinski definition) is 6. The third kappa shape index (κ3) is 3.60. The number of esters is 1. The second-order valence-corrected chi connectivity index (χ2v) is 5.02. The van der Waals surface area contributed by atoms with Gasteiger partial charge in [-0.05, 0) is 12.8 Å². The summed E-state index contributed by atoms with van der Waals surface area (Å²) >= 11 is 0. The minimum atomic E-state index is -0.476. The van der Waals surface area contributed by atoms with Gasteiger partial charge in [0, 0.05) is 12.1 Å². The van der Waals surface area contributed by atoms with Gasteiger partial charge in [0.15, 0.2) is 5.75 Å². The van der Waals surface area contributed by atoms with Crippen molar-refractivity contribution >= 4 is 5.97 Å². The van der Waals surface area contributed by atoms with Crippen molar-refractivity contribution in [2.75, 3.05) is 13.7 Å². The smallest absolute Gasteiger partial charge is 0.319 e. The summed E-state index contributed by atoms with van der Waals surface area (Å²) < 4.78 is 9.91. The van der Waals surface area contributed by atoms with Gasteiger partial charge in [-0.1, -0.05) is 12.8 Å². The molecule has 1 heterocycles. The molecule has 6 nitrogen and oxygen atoms in total. The van der Waals surface area contributed by atoms with E-state index in [4.69, 9.17) is 9.15 Å². The zero-order chi connectivity index (χ0) is 14.5. The number of methoxy groups -OCH3 is 1. The highest BCUT2D eigenvalue weighted by atomic mass is 16.5. The lowest BCUT2D eigenvalue weighted by Crippen LogP contribution is -2.37. The van der Waals surface area contributed by atoms with E-state index in [9.17, 15) is 14.7 Å².